The lowest BCUT2D eigenvalue weighted by molar-refractivity contribution is -0.122. The molecule has 1 saturated carbocycles. The zero-order valence-electron chi connectivity index (χ0n) is 19.8. The molecule has 7 heteroatoms. The van der Waals surface area contributed by atoms with Crippen molar-refractivity contribution in [1.29, 1.82) is 0 Å². The first-order chi connectivity index (χ1) is 16.8. The minimum atomic E-state index is 0.0621. The lowest BCUT2D eigenvalue weighted by Gasteiger charge is -2.27. The molecule has 1 amide bonds. The fraction of sp³-hybridized carbons (Fsp3) is 0.481. The van der Waals surface area contributed by atoms with Gasteiger partial charge in [0.25, 0.3) is 5.91 Å². The van der Waals surface area contributed by atoms with Crippen molar-refractivity contribution in [2.75, 3.05) is 39.4 Å². The van der Waals surface area contributed by atoms with E-state index >= 15 is 0 Å². The Morgan fingerprint density at radius 2 is 1.82 bits per heavy atom. The van der Waals surface area contributed by atoms with Gasteiger partial charge in [0, 0.05) is 44.6 Å². The average Bonchev–Trinajstić information content (AvgIpc) is 3.46. The van der Waals surface area contributed by atoms with Crippen molar-refractivity contribution < 1.29 is 9.53 Å². The van der Waals surface area contributed by atoms with Crippen LogP contribution in [0.3, 0.4) is 0 Å². The average molecular weight is 479 g/mol. The molecule has 0 atom stereocenters. The van der Waals surface area contributed by atoms with Crippen molar-refractivity contribution in [3.63, 3.8) is 0 Å². The number of rotatable bonds is 7. The number of carbonyl (C=O) groups excluding carboxylic acids is 1. The van der Waals surface area contributed by atoms with Gasteiger partial charge in [-0.2, -0.15) is 0 Å². The van der Waals surface area contributed by atoms with Gasteiger partial charge in [-0.3, -0.25) is 14.6 Å². The van der Waals surface area contributed by atoms with Crippen molar-refractivity contribution in [2.24, 2.45) is 4.99 Å². The highest BCUT2D eigenvalue weighted by molar-refractivity contribution is 8.18. The molecule has 2 aliphatic heterocycles. The van der Waals surface area contributed by atoms with E-state index < -0.39 is 0 Å². The molecule has 1 aliphatic carbocycles. The van der Waals surface area contributed by atoms with Gasteiger partial charge in [-0.15, -0.1) is 0 Å². The molecule has 34 heavy (non-hydrogen) atoms. The number of para-hydroxylation sites is 1. The number of amidine groups is 1. The van der Waals surface area contributed by atoms with E-state index in [1.807, 2.05) is 41.3 Å². The van der Waals surface area contributed by atoms with Crippen LogP contribution >= 0.6 is 11.8 Å². The Kier molecular flexibility index (Phi) is 7.83. The molecule has 1 aromatic carbocycles. The van der Waals surface area contributed by atoms with Crippen LogP contribution in [0.5, 0.6) is 0 Å². The van der Waals surface area contributed by atoms with Gasteiger partial charge in [0.15, 0.2) is 5.17 Å². The van der Waals surface area contributed by atoms with E-state index in [1.54, 1.807) is 0 Å². The number of thioether (sulfide) groups is 1. The zero-order valence-corrected chi connectivity index (χ0v) is 20.6. The Morgan fingerprint density at radius 3 is 2.62 bits per heavy atom. The lowest BCUT2D eigenvalue weighted by atomic mass is 9.95. The number of amides is 1. The first-order valence-electron chi connectivity index (χ1n) is 12.6. The van der Waals surface area contributed by atoms with E-state index in [1.165, 1.54) is 43.9 Å². The van der Waals surface area contributed by atoms with Gasteiger partial charge in [-0.05, 0) is 60.9 Å². The summed E-state index contributed by atoms with van der Waals surface area (Å²) in [6, 6.07) is 12.6. The molecule has 180 valence electrons. The molecule has 0 unspecified atom stereocenters. The number of nitrogens with zero attached hydrogens (tertiary/aromatic N) is 4. The number of ether oxygens (including phenoxy) is 1. The van der Waals surface area contributed by atoms with Crippen molar-refractivity contribution in [2.45, 2.75) is 44.6 Å². The quantitative estimate of drug-likeness (QED) is 0.506. The third-order valence-electron chi connectivity index (χ3n) is 6.86. The summed E-state index contributed by atoms with van der Waals surface area (Å²) in [5, 5.41) is 0.774. The molecule has 2 aromatic rings. The highest BCUT2D eigenvalue weighted by Gasteiger charge is 2.33. The predicted molar refractivity (Wildman–Crippen MR) is 139 cm³/mol. The second-order valence-electron chi connectivity index (χ2n) is 9.29. The fourth-order valence-corrected chi connectivity index (χ4v) is 5.98. The normalized spacial score (nSPS) is 22.8. The molecule has 3 fully saturated rings. The van der Waals surface area contributed by atoms with E-state index in [4.69, 9.17) is 9.73 Å². The van der Waals surface area contributed by atoms with E-state index in [9.17, 15) is 4.79 Å². The SMILES string of the molecule is O=C1/C(=C\c2ccn(C3CCCCC3)c2)SC(=Nc2ccccc2)N1CCCN1CCOCC1. The molecule has 2 saturated heterocycles. The van der Waals surface area contributed by atoms with Crippen molar-refractivity contribution >= 4 is 34.6 Å². The number of hydrogen-bond donors (Lipinski definition) is 0. The summed E-state index contributed by atoms with van der Waals surface area (Å²) in [7, 11) is 0. The zero-order chi connectivity index (χ0) is 23.2. The van der Waals surface area contributed by atoms with Crippen LogP contribution in [0.15, 0.2) is 58.7 Å². The summed E-state index contributed by atoms with van der Waals surface area (Å²) in [4.78, 5) is 23.3. The van der Waals surface area contributed by atoms with Gasteiger partial charge in [0.2, 0.25) is 0 Å². The lowest BCUT2D eigenvalue weighted by Crippen LogP contribution is -2.38. The van der Waals surface area contributed by atoms with Crippen LogP contribution in [-0.2, 0) is 9.53 Å². The molecule has 5 rings (SSSR count). The number of aliphatic imine (C=N–C) groups is 1. The van der Waals surface area contributed by atoms with Crippen molar-refractivity contribution in [3.05, 3.63) is 59.3 Å². The van der Waals surface area contributed by atoms with Crippen LogP contribution in [0.2, 0.25) is 0 Å². The first kappa shape index (κ1) is 23.4. The largest absolute Gasteiger partial charge is 0.379 e. The maximum Gasteiger partial charge on any atom is 0.266 e. The second kappa shape index (κ2) is 11.4. The topological polar surface area (TPSA) is 50.1 Å². The van der Waals surface area contributed by atoms with Crippen LogP contribution in [0, 0.1) is 0 Å². The third kappa shape index (κ3) is 5.82. The van der Waals surface area contributed by atoms with E-state index in [0.29, 0.717) is 12.6 Å². The summed E-state index contributed by atoms with van der Waals surface area (Å²) >= 11 is 1.49. The smallest absolute Gasteiger partial charge is 0.266 e. The van der Waals surface area contributed by atoms with Gasteiger partial charge in [-0.25, -0.2) is 4.99 Å². The number of hydrogen-bond acceptors (Lipinski definition) is 5. The summed E-state index contributed by atoms with van der Waals surface area (Å²) in [5.74, 6) is 0.0621. The summed E-state index contributed by atoms with van der Waals surface area (Å²) < 4.78 is 7.80. The van der Waals surface area contributed by atoms with Gasteiger partial charge in [0.05, 0.1) is 23.8 Å². The predicted octanol–water partition coefficient (Wildman–Crippen LogP) is 5.32. The molecule has 1 aromatic heterocycles. The standard InChI is InChI=1S/C27H34N4O2S/c32-26-25(20-22-12-15-30(21-22)24-10-5-2-6-11-24)34-27(28-23-8-3-1-4-9-23)31(26)14-7-13-29-16-18-33-19-17-29/h1,3-4,8-9,12,15,20-21,24H,2,5-7,10-11,13-14,16-19H2/b25-20+,28-27?. The van der Waals surface area contributed by atoms with Crippen molar-refractivity contribution in [1.82, 2.24) is 14.4 Å². The molecular weight excluding hydrogens is 444 g/mol. The minimum absolute atomic E-state index is 0.0621. The van der Waals surface area contributed by atoms with Gasteiger partial charge < -0.3 is 9.30 Å². The number of carbonyl (C=O) groups is 1. The Balaban J connectivity index is 1.31. The minimum Gasteiger partial charge on any atom is -0.379 e. The number of morpholine rings is 1. The molecule has 0 radical (unpaired) electrons. The van der Waals surface area contributed by atoms with Crippen LogP contribution in [0.4, 0.5) is 5.69 Å². The summed E-state index contributed by atoms with van der Waals surface area (Å²) in [6.07, 6.45) is 13.8. The number of aromatic nitrogens is 1. The molecule has 0 bridgehead atoms. The van der Waals surface area contributed by atoms with E-state index in [0.717, 1.165) is 60.6 Å². The Bertz CT molecular complexity index is 1020. The Labute approximate surface area is 206 Å². The molecular formula is C27H34N4O2S. The Morgan fingerprint density at radius 1 is 1.03 bits per heavy atom. The van der Waals surface area contributed by atoms with Crippen LogP contribution in [-0.4, -0.2) is 64.8 Å². The summed E-state index contributed by atoms with van der Waals surface area (Å²) in [5.41, 5.74) is 1.97. The van der Waals surface area contributed by atoms with Crippen LogP contribution in [0.25, 0.3) is 6.08 Å². The highest BCUT2D eigenvalue weighted by atomic mass is 32.2. The molecule has 6 nitrogen and oxygen atoms in total. The fourth-order valence-electron chi connectivity index (χ4n) is 4.95. The second-order valence-corrected chi connectivity index (χ2v) is 10.3. The van der Waals surface area contributed by atoms with E-state index in [-0.39, 0.29) is 5.91 Å². The monoisotopic (exact) mass is 478 g/mol. The van der Waals surface area contributed by atoms with Crippen molar-refractivity contribution in [3.8, 4) is 0 Å². The number of benzene rings is 1. The van der Waals surface area contributed by atoms with E-state index in [2.05, 4.69) is 27.9 Å². The van der Waals surface area contributed by atoms with Gasteiger partial charge in [-0.1, -0.05) is 37.5 Å². The first-order valence-corrected chi connectivity index (χ1v) is 13.4. The molecule has 0 spiro atoms. The Hall–Kier alpha value is -2.35. The molecule has 0 N–H and O–H groups in total. The molecule has 3 aliphatic rings. The maximum absolute atomic E-state index is 13.4. The molecule has 3 heterocycles. The van der Waals surface area contributed by atoms with Gasteiger partial charge >= 0.3 is 0 Å². The van der Waals surface area contributed by atoms with Crippen LogP contribution < -0.4 is 0 Å². The highest BCUT2D eigenvalue weighted by Crippen LogP contribution is 2.35. The third-order valence-corrected chi connectivity index (χ3v) is 7.87. The van der Waals surface area contributed by atoms with Gasteiger partial charge in [0.1, 0.15) is 0 Å². The van der Waals surface area contributed by atoms with Crippen LogP contribution in [0.1, 0.15) is 50.1 Å². The maximum atomic E-state index is 13.4. The summed E-state index contributed by atoms with van der Waals surface area (Å²) in [6.45, 7) is 5.18.